The summed E-state index contributed by atoms with van der Waals surface area (Å²) in [6.45, 7) is 4.49. The maximum Gasteiger partial charge on any atom is 0.341 e. The molecule has 0 bridgehead atoms. The van der Waals surface area contributed by atoms with Gasteiger partial charge in [-0.15, -0.1) is 0 Å². The lowest BCUT2D eigenvalue weighted by Crippen LogP contribution is -2.56. The second-order valence-corrected chi connectivity index (χ2v) is 8.40. The Kier molecular flexibility index (Phi) is 3.28. The average Bonchev–Trinajstić information content (AvgIpc) is 2.74. The summed E-state index contributed by atoms with van der Waals surface area (Å²) >= 11 is 0. The molecule has 6 nitrogen and oxygen atoms in total. The van der Waals surface area contributed by atoms with Gasteiger partial charge in [-0.3, -0.25) is 4.79 Å². The van der Waals surface area contributed by atoms with E-state index in [4.69, 9.17) is 0 Å². The quantitative estimate of drug-likeness (QED) is 0.832. The third-order valence-electron chi connectivity index (χ3n) is 4.16. The molecule has 0 saturated carbocycles. The number of carbonyl (C=O) groups excluding carboxylic acids is 2. The number of urea groups is 1. The topological polar surface area (TPSA) is 74.8 Å². The fourth-order valence-corrected chi connectivity index (χ4v) is 4.62. The van der Waals surface area contributed by atoms with E-state index in [2.05, 4.69) is 0 Å². The molecule has 0 radical (unpaired) electrons. The van der Waals surface area contributed by atoms with Crippen molar-refractivity contribution < 1.29 is 18.0 Å². The average molecular weight is 322 g/mol. The van der Waals surface area contributed by atoms with Crippen molar-refractivity contribution in [1.82, 2.24) is 9.21 Å². The molecular weight excluding hydrogens is 304 g/mol. The molecule has 22 heavy (non-hydrogen) atoms. The Morgan fingerprint density at radius 2 is 1.77 bits per heavy atom. The summed E-state index contributed by atoms with van der Waals surface area (Å²) in [7, 11) is -4.14. The smallest absolute Gasteiger partial charge is 0.319 e. The van der Waals surface area contributed by atoms with E-state index in [0.717, 1.165) is 0 Å². The summed E-state index contributed by atoms with van der Waals surface area (Å²) < 4.78 is 25.7. The van der Waals surface area contributed by atoms with Crippen LogP contribution in [-0.2, 0) is 14.8 Å². The monoisotopic (exact) mass is 322 g/mol. The molecule has 1 aromatic carbocycles. The molecule has 3 amide bonds. The normalized spacial score (nSPS) is 24.5. The van der Waals surface area contributed by atoms with E-state index < -0.39 is 22.0 Å². The zero-order valence-electron chi connectivity index (χ0n) is 12.5. The van der Waals surface area contributed by atoms with Crippen molar-refractivity contribution in [2.24, 2.45) is 5.41 Å². The summed E-state index contributed by atoms with van der Waals surface area (Å²) in [6, 6.07) is 6.65. The molecule has 0 N–H and O–H groups in total. The summed E-state index contributed by atoms with van der Waals surface area (Å²) in [5, 5.41) is 0. The second-order valence-electron chi connectivity index (χ2n) is 6.61. The highest BCUT2D eigenvalue weighted by Gasteiger charge is 2.51. The predicted octanol–water partition coefficient (Wildman–Crippen LogP) is 1.83. The molecule has 1 atom stereocenters. The molecule has 2 heterocycles. The summed E-state index contributed by atoms with van der Waals surface area (Å²) in [6.07, 6.45) is 0.769. The van der Waals surface area contributed by atoms with E-state index in [1.807, 2.05) is 13.8 Å². The van der Waals surface area contributed by atoms with Crippen molar-refractivity contribution in [1.29, 1.82) is 0 Å². The number of amides is 3. The number of imide groups is 1. The standard InChI is InChI=1S/C15H18N2O4S/c1-15(2)9-11-8-13(18)17(14(19)16(11)10-15)22(20,21)12-6-4-3-5-7-12/h3-7,11H,8-10H2,1-2H3. The van der Waals surface area contributed by atoms with Gasteiger partial charge in [0.2, 0.25) is 5.91 Å². The van der Waals surface area contributed by atoms with Crippen molar-refractivity contribution in [2.75, 3.05) is 6.54 Å². The van der Waals surface area contributed by atoms with Gasteiger partial charge in [0.05, 0.1) is 4.90 Å². The molecule has 118 valence electrons. The summed E-state index contributed by atoms with van der Waals surface area (Å²) in [4.78, 5) is 26.3. The highest BCUT2D eigenvalue weighted by Crippen LogP contribution is 2.39. The maximum atomic E-state index is 12.6. The number of hydrogen-bond acceptors (Lipinski definition) is 4. The van der Waals surface area contributed by atoms with Crippen LogP contribution in [0, 0.1) is 5.41 Å². The van der Waals surface area contributed by atoms with Gasteiger partial charge in [0.15, 0.2) is 0 Å². The predicted molar refractivity (Wildman–Crippen MR) is 79.4 cm³/mol. The number of carbonyl (C=O) groups is 2. The highest BCUT2D eigenvalue weighted by atomic mass is 32.2. The summed E-state index contributed by atoms with van der Waals surface area (Å²) in [5.41, 5.74) is -0.104. The fraction of sp³-hybridized carbons (Fsp3) is 0.467. The van der Waals surface area contributed by atoms with Crippen molar-refractivity contribution in [2.45, 2.75) is 37.6 Å². The summed E-state index contributed by atoms with van der Waals surface area (Å²) in [5.74, 6) is -0.646. The Morgan fingerprint density at radius 1 is 1.14 bits per heavy atom. The van der Waals surface area contributed by atoms with Crippen LogP contribution < -0.4 is 0 Å². The van der Waals surface area contributed by atoms with Gasteiger partial charge in [-0.2, -0.15) is 4.31 Å². The van der Waals surface area contributed by atoms with Crippen LogP contribution in [0.25, 0.3) is 0 Å². The van der Waals surface area contributed by atoms with Crippen LogP contribution in [0.3, 0.4) is 0 Å². The largest absolute Gasteiger partial charge is 0.341 e. The van der Waals surface area contributed by atoms with E-state index in [-0.39, 0.29) is 22.8 Å². The minimum atomic E-state index is -4.14. The molecule has 1 unspecified atom stereocenters. The van der Waals surface area contributed by atoms with Crippen LogP contribution in [0.15, 0.2) is 35.2 Å². The Balaban J connectivity index is 1.98. The lowest BCUT2D eigenvalue weighted by atomic mass is 9.90. The molecule has 1 aromatic rings. The van der Waals surface area contributed by atoms with Crippen molar-refractivity contribution in [3.05, 3.63) is 30.3 Å². The number of fused-ring (bicyclic) bond motifs is 1. The molecular formula is C15H18N2O4S. The van der Waals surface area contributed by atoms with Crippen LogP contribution in [0.1, 0.15) is 26.7 Å². The van der Waals surface area contributed by atoms with Gasteiger partial charge in [0, 0.05) is 19.0 Å². The first-order chi connectivity index (χ1) is 10.2. The first kappa shape index (κ1) is 15.0. The fourth-order valence-electron chi connectivity index (χ4n) is 3.25. The lowest BCUT2D eigenvalue weighted by Gasteiger charge is -2.35. The first-order valence-electron chi connectivity index (χ1n) is 7.16. The molecule has 0 aromatic heterocycles. The van der Waals surface area contributed by atoms with Gasteiger partial charge in [-0.05, 0) is 24.0 Å². The Morgan fingerprint density at radius 3 is 2.41 bits per heavy atom. The molecule has 2 aliphatic heterocycles. The van der Waals surface area contributed by atoms with Crippen LogP contribution in [0.5, 0.6) is 0 Å². The van der Waals surface area contributed by atoms with Gasteiger partial charge in [0.1, 0.15) is 0 Å². The van der Waals surface area contributed by atoms with Crippen LogP contribution >= 0.6 is 0 Å². The van der Waals surface area contributed by atoms with Crippen LogP contribution in [-0.4, -0.2) is 42.1 Å². The second kappa shape index (κ2) is 4.81. The lowest BCUT2D eigenvalue weighted by molar-refractivity contribution is -0.127. The molecule has 2 fully saturated rings. The van der Waals surface area contributed by atoms with Crippen molar-refractivity contribution in [3.8, 4) is 0 Å². The molecule has 7 heteroatoms. The van der Waals surface area contributed by atoms with E-state index in [9.17, 15) is 18.0 Å². The Labute approximate surface area is 129 Å². The number of hydrogen-bond donors (Lipinski definition) is 0. The minimum absolute atomic E-state index is 0.0476. The van der Waals surface area contributed by atoms with Gasteiger partial charge >= 0.3 is 6.03 Å². The molecule has 3 rings (SSSR count). The third kappa shape index (κ3) is 2.29. The van der Waals surface area contributed by atoms with Crippen LogP contribution in [0.4, 0.5) is 4.79 Å². The number of benzene rings is 1. The van der Waals surface area contributed by atoms with Crippen molar-refractivity contribution >= 4 is 22.0 Å². The highest BCUT2D eigenvalue weighted by molar-refractivity contribution is 7.90. The van der Waals surface area contributed by atoms with Crippen LogP contribution in [0.2, 0.25) is 0 Å². The van der Waals surface area contributed by atoms with E-state index in [0.29, 0.717) is 17.3 Å². The molecule has 0 spiro atoms. The first-order valence-corrected chi connectivity index (χ1v) is 8.60. The van der Waals surface area contributed by atoms with Gasteiger partial charge in [0.25, 0.3) is 10.0 Å². The van der Waals surface area contributed by atoms with Gasteiger partial charge in [-0.1, -0.05) is 32.0 Å². The molecule has 0 aliphatic carbocycles. The zero-order chi connectivity index (χ0) is 16.1. The van der Waals surface area contributed by atoms with Gasteiger partial charge < -0.3 is 4.90 Å². The number of rotatable bonds is 2. The Hall–Kier alpha value is -1.89. The minimum Gasteiger partial charge on any atom is -0.319 e. The third-order valence-corrected chi connectivity index (χ3v) is 5.87. The number of nitrogens with zero attached hydrogens (tertiary/aromatic N) is 2. The molecule has 2 saturated heterocycles. The van der Waals surface area contributed by atoms with E-state index in [1.54, 1.807) is 18.2 Å². The van der Waals surface area contributed by atoms with E-state index >= 15 is 0 Å². The Bertz CT molecular complexity index is 727. The SMILES string of the molecule is CC1(C)CC2CC(=O)N(S(=O)(=O)c3ccccc3)C(=O)N2C1. The molecule has 2 aliphatic rings. The van der Waals surface area contributed by atoms with E-state index in [1.165, 1.54) is 17.0 Å². The van der Waals surface area contributed by atoms with Crippen molar-refractivity contribution in [3.63, 3.8) is 0 Å². The maximum absolute atomic E-state index is 12.6. The van der Waals surface area contributed by atoms with Gasteiger partial charge in [-0.25, -0.2) is 13.2 Å². The zero-order valence-corrected chi connectivity index (χ0v) is 13.3. The number of sulfonamides is 1.